The summed E-state index contributed by atoms with van der Waals surface area (Å²) in [5, 5.41) is 11.0. The van der Waals surface area contributed by atoms with Crippen LogP contribution in [0.3, 0.4) is 0 Å². The van der Waals surface area contributed by atoms with Crippen LogP contribution in [0.25, 0.3) is 0 Å². The Bertz CT molecular complexity index is 656. The van der Waals surface area contributed by atoms with Gasteiger partial charge in [-0.3, -0.25) is 4.79 Å². The van der Waals surface area contributed by atoms with Crippen molar-refractivity contribution in [3.05, 3.63) is 36.2 Å². The van der Waals surface area contributed by atoms with Gasteiger partial charge in [0.25, 0.3) is 0 Å². The van der Waals surface area contributed by atoms with Crippen LogP contribution in [0.15, 0.2) is 30.6 Å². The van der Waals surface area contributed by atoms with E-state index in [1.54, 1.807) is 4.68 Å². The summed E-state index contributed by atoms with van der Waals surface area (Å²) >= 11 is 0. The van der Waals surface area contributed by atoms with E-state index in [1.165, 1.54) is 17.6 Å². The van der Waals surface area contributed by atoms with E-state index in [-0.39, 0.29) is 11.9 Å². The first kappa shape index (κ1) is 15.5. The van der Waals surface area contributed by atoms with Crippen LogP contribution in [0.4, 0.5) is 5.69 Å². The Hall–Kier alpha value is -2.44. The quantitative estimate of drug-likeness (QED) is 0.846. The fraction of sp³-hybridized carbons (Fsp3) is 0.500. The lowest BCUT2D eigenvalue weighted by Crippen LogP contribution is -2.54. The zero-order valence-electron chi connectivity index (χ0n) is 13.6. The van der Waals surface area contributed by atoms with Gasteiger partial charge in [-0.25, -0.2) is 4.68 Å². The summed E-state index contributed by atoms with van der Waals surface area (Å²) in [6.07, 6.45) is 1.96. The third kappa shape index (κ3) is 3.49. The van der Waals surface area contributed by atoms with Crippen molar-refractivity contribution < 1.29 is 4.79 Å². The summed E-state index contributed by atoms with van der Waals surface area (Å²) in [5.41, 5.74) is 2.54. The molecule has 0 N–H and O–H groups in total. The molecule has 0 aliphatic carbocycles. The van der Waals surface area contributed by atoms with Gasteiger partial charge in [0.15, 0.2) is 0 Å². The number of tetrazole rings is 1. The van der Waals surface area contributed by atoms with E-state index in [1.807, 2.05) is 4.90 Å². The summed E-state index contributed by atoms with van der Waals surface area (Å²) in [5.74, 6) is 0.164. The molecular formula is C16H22N6O. The van der Waals surface area contributed by atoms with E-state index in [0.29, 0.717) is 13.0 Å². The highest BCUT2D eigenvalue weighted by molar-refractivity contribution is 5.77. The number of benzene rings is 1. The Morgan fingerprint density at radius 2 is 2.13 bits per heavy atom. The molecule has 1 aromatic heterocycles. The Balaban J connectivity index is 1.58. The lowest BCUT2D eigenvalue weighted by molar-refractivity contribution is -0.133. The highest BCUT2D eigenvalue weighted by Crippen LogP contribution is 2.23. The number of carbonyl (C=O) groups is 1. The second-order valence-electron chi connectivity index (χ2n) is 5.99. The fourth-order valence-corrected chi connectivity index (χ4v) is 3.10. The minimum Gasteiger partial charge on any atom is -0.367 e. The third-order valence-electron chi connectivity index (χ3n) is 4.35. The normalized spacial score (nSPS) is 18.3. The van der Waals surface area contributed by atoms with Gasteiger partial charge in [0.2, 0.25) is 5.91 Å². The molecule has 0 radical (unpaired) electrons. The number of amides is 1. The molecule has 1 aromatic carbocycles. The zero-order chi connectivity index (χ0) is 16.2. The Morgan fingerprint density at radius 1 is 1.30 bits per heavy atom. The summed E-state index contributed by atoms with van der Waals surface area (Å²) in [4.78, 5) is 16.8. The van der Waals surface area contributed by atoms with Gasteiger partial charge in [-0.1, -0.05) is 18.2 Å². The first-order chi connectivity index (χ1) is 11.1. The van der Waals surface area contributed by atoms with Crippen LogP contribution in [0, 0.1) is 6.92 Å². The molecule has 122 valence electrons. The second-order valence-corrected chi connectivity index (χ2v) is 5.99. The van der Waals surface area contributed by atoms with Crippen molar-refractivity contribution in [3.63, 3.8) is 0 Å². The molecular weight excluding hydrogens is 292 g/mol. The Morgan fingerprint density at radius 3 is 2.83 bits per heavy atom. The minimum atomic E-state index is 0.164. The van der Waals surface area contributed by atoms with Crippen molar-refractivity contribution in [1.82, 2.24) is 25.1 Å². The molecule has 1 fully saturated rings. The summed E-state index contributed by atoms with van der Waals surface area (Å²) in [6, 6.07) is 8.60. The van der Waals surface area contributed by atoms with E-state index < -0.39 is 0 Å². The molecule has 23 heavy (non-hydrogen) atoms. The van der Waals surface area contributed by atoms with Gasteiger partial charge in [-0.05, 0) is 35.9 Å². The number of hydrogen-bond donors (Lipinski definition) is 0. The number of rotatable bonds is 4. The molecule has 1 amide bonds. The highest BCUT2D eigenvalue weighted by atomic mass is 16.2. The van der Waals surface area contributed by atoms with Crippen LogP contribution >= 0.6 is 0 Å². The Kier molecular flexibility index (Phi) is 4.55. The maximum atomic E-state index is 12.4. The van der Waals surface area contributed by atoms with Gasteiger partial charge >= 0.3 is 0 Å². The molecule has 0 spiro atoms. The maximum absolute atomic E-state index is 12.4. The molecule has 2 heterocycles. The number of aromatic nitrogens is 4. The predicted molar refractivity (Wildman–Crippen MR) is 87.0 cm³/mol. The van der Waals surface area contributed by atoms with Gasteiger partial charge in [0.1, 0.15) is 6.33 Å². The molecule has 7 nitrogen and oxygen atoms in total. The molecule has 2 aromatic rings. The van der Waals surface area contributed by atoms with Crippen LogP contribution in [0.2, 0.25) is 0 Å². The lowest BCUT2D eigenvalue weighted by atomic mass is 10.1. The number of piperazine rings is 1. The van der Waals surface area contributed by atoms with Crippen LogP contribution in [0.1, 0.15) is 18.9 Å². The van der Waals surface area contributed by atoms with E-state index in [0.717, 1.165) is 19.6 Å². The Labute approximate surface area is 135 Å². The average Bonchev–Trinajstić information content (AvgIpc) is 3.06. The maximum Gasteiger partial charge on any atom is 0.224 e. The van der Waals surface area contributed by atoms with Gasteiger partial charge < -0.3 is 9.80 Å². The predicted octanol–water partition coefficient (Wildman–Crippen LogP) is 1.11. The van der Waals surface area contributed by atoms with Crippen molar-refractivity contribution >= 4 is 11.6 Å². The molecule has 0 bridgehead atoms. The number of anilines is 1. The lowest BCUT2D eigenvalue weighted by Gasteiger charge is -2.41. The topological polar surface area (TPSA) is 67.2 Å². The van der Waals surface area contributed by atoms with Gasteiger partial charge in [-0.2, -0.15) is 0 Å². The van der Waals surface area contributed by atoms with Gasteiger partial charge in [0, 0.05) is 37.8 Å². The van der Waals surface area contributed by atoms with Crippen molar-refractivity contribution in [2.24, 2.45) is 0 Å². The molecule has 0 unspecified atom stereocenters. The van der Waals surface area contributed by atoms with Crippen molar-refractivity contribution in [2.75, 3.05) is 24.5 Å². The van der Waals surface area contributed by atoms with Crippen LogP contribution in [-0.4, -0.2) is 56.7 Å². The second kappa shape index (κ2) is 6.76. The monoisotopic (exact) mass is 314 g/mol. The third-order valence-corrected chi connectivity index (χ3v) is 4.35. The fourth-order valence-electron chi connectivity index (χ4n) is 3.10. The van der Waals surface area contributed by atoms with E-state index >= 15 is 0 Å². The van der Waals surface area contributed by atoms with Crippen molar-refractivity contribution in [2.45, 2.75) is 32.9 Å². The minimum absolute atomic E-state index is 0.164. The molecule has 1 saturated heterocycles. The van der Waals surface area contributed by atoms with Crippen LogP contribution in [0.5, 0.6) is 0 Å². The van der Waals surface area contributed by atoms with Crippen molar-refractivity contribution in [3.8, 4) is 0 Å². The molecule has 7 heteroatoms. The van der Waals surface area contributed by atoms with Crippen molar-refractivity contribution in [1.29, 1.82) is 0 Å². The number of aryl methyl sites for hydroxylation is 2. The first-order valence-corrected chi connectivity index (χ1v) is 7.96. The smallest absolute Gasteiger partial charge is 0.224 e. The molecule has 0 saturated carbocycles. The highest BCUT2D eigenvalue weighted by Gasteiger charge is 2.27. The number of carbonyl (C=O) groups excluding carboxylic acids is 1. The zero-order valence-corrected chi connectivity index (χ0v) is 13.6. The van der Waals surface area contributed by atoms with Gasteiger partial charge in [-0.15, -0.1) is 5.10 Å². The standard InChI is InChI=1S/C16H22N6O/c1-13-5-3-4-6-15(13)20-9-10-22(14(2)11-20)16(23)7-8-21-12-17-18-19-21/h3-6,12,14H,7-11H2,1-2H3/t14-/m0/s1. The van der Waals surface area contributed by atoms with Gasteiger partial charge in [0.05, 0.1) is 6.54 Å². The molecule has 1 aliphatic rings. The molecule has 1 atom stereocenters. The van der Waals surface area contributed by atoms with Crippen LogP contribution in [-0.2, 0) is 11.3 Å². The number of hydrogen-bond acceptors (Lipinski definition) is 5. The SMILES string of the molecule is Cc1ccccc1N1CCN(C(=O)CCn2cnnn2)[C@@H](C)C1. The largest absolute Gasteiger partial charge is 0.367 e. The number of para-hydroxylation sites is 1. The molecule has 1 aliphatic heterocycles. The summed E-state index contributed by atoms with van der Waals surface area (Å²) in [7, 11) is 0. The summed E-state index contributed by atoms with van der Waals surface area (Å²) in [6.45, 7) is 7.25. The van der Waals surface area contributed by atoms with E-state index in [9.17, 15) is 4.79 Å². The van der Waals surface area contributed by atoms with Crippen LogP contribution < -0.4 is 4.90 Å². The summed E-state index contributed by atoms with van der Waals surface area (Å²) < 4.78 is 1.59. The number of nitrogens with zero attached hydrogens (tertiary/aromatic N) is 6. The van der Waals surface area contributed by atoms with E-state index in [4.69, 9.17) is 0 Å². The molecule has 3 rings (SSSR count). The average molecular weight is 314 g/mol. The first-order valence-electron chi connectivity index (χ1n) is 7.96. The van der Waals surface area contributed by atoms with E-state index in [2.05, 4.69) is 58.5 Å².